The summed E-state index contributed by atoms with van der Waals surface area (Å²) < 4.78 is 39.8. The van der Waals surface area contributed by atoms with Crippen molar-refractivity contribution in [2.75, 3.05) is 4.72 Å². The first-order valence-corrected chi connectivity index (χ1v) is 7.31. The van der Waals surface area contributed by atoms with Gasteiger partial charge in [0.2, 0.25) is 0 Å². The zero-order valence-corrected chi connectivity index (χ0v) is 11.7. The van der Waals surface area contributed by atoms with Crippen molar-refractivity contribution < 1.29 is 12.8 Å². The second-order valence-electron chi connectivity index (χ2n) is 3.85. The Labute approximate surface area is 120 Å². The molecular formula is C12H10FN3O2S2. The van der Waals surface area contributed by atoms with Crippen LogP contribution in [-0.2, 0) is 10.0 Å². The van der Waals surface area contributed by atoms with Gasteiger partial charge in [0.15, 0.2) is 0 Å². The largest absolute Gasteiger partial charge is 0.389 e. The second kappa shape index (κ2) is 5.51. The van der Waals surface area contributed by atoms with Crippen LogP contribution < -0.4 is 10.5 Å². The third-order valence-electron chi connectivity index (χ3n) is 2.43. The highest BCUT2D eigenvalue weighted by atomic mass is 32.2. The maximum Gasteiger partial charge on any atom is 0.263 e. The molecule has 1 heterocycles. The van der Waals surface area contributed by atoms with Crippen molar-refractivity contribution >= 4 is 32.9 Å². The minimum Gasteiger partial charge on any atom is -0.389 e. The van der Waals surface area contributed by atoms with Crippen molar-refractivity contribution in [3.63, 3.8) is 0 Å². The summed E-state index contributed by atoms with van der Waals surface area (Å²) in [5.41, 5.74) is 5.51. The van der Waals surface area contributed by atoms with Crippen LogP contribution in [0.1, 0.15) is 5.56 Å². The van der Waals surface area contributed by atoms with Crippen molar-refractivity contribution in [2.24, 2.45) is 5.73 Å². The predicted molar refractivity (Wildman–Crippen MR) is 77.3 cm³/mol. The van der Waals surface area contributed by atoms with Crippen LogP contribution in [0, 0.1) is 5.82 Å². The van der Waals surface area contributed by atoms with Gasteiger partial charge in [-0.3, -0.25) is 9.71 Å². The fourth-order valence-electron chi connectivity index (χ4n) is 1.50. The van der Waals surface area contributed by atoms with Gasteiger partial charge >= 0.3 is 0 Å². The topological polar surface area (TPSA) is 85.1 Å². The zero-order valence-electron chi connectivity index (χ0n) is 10.1. The van der Waals surface area contributed by atoms with Crippen LogP contribution >= 0.6 is 12.2 Å². The first-order valence-electron chi connectivity index (χ1n) is 5.42. The molecule has 0 fully saturated rings. The van der Waals surface area contributed by atoms with Crippen LogP contribution in [-0.4, -0.2) is 18.4 Å². The summed E-state index contributed by atoms with van der Waals surface area (Å²) in [5, 5.41) is 0. The Hall–Kier alpha value is -2.06. The molecule has 104 valence electrons. The summed E-state index contributed by atoms with van der Waals surface area (Å²) in [6.45, 7) is 0. The number of halogens is 1. The van der Waals surface area contributed by atoms with Gasteiger partial charge in [-0.1, -0.05) is 12.2 Å². The molecule has 0 atom stereocenters. The lowest BCUT2D eigenvalue weighted by molar-refractivity contribution is 0.600. The SMILES string of the molecule is NC(=S)c1cc(NS(=O)(=O)c2cccnc2)ccc1F. The lowest BCUT2D eigenvalue weighted by Gasteiger charge is -2.09. The van der Waals surface area contributed by atoms with Crippen molar-refractivity contribution in [2.45, 2.75) is 4.90 Å². The number of anilines is 1. The molecule has 0 saturated heterocycles. The van der Waals surface area contributed by atoms with Crippen molar-refractivity contribution in [1.29, 1.82) is 0 Å². The Balaban J connectivity index is 2.36. The van der Waals surface area contributed by atoms with E-state index in [0.717, 1.165) is 6.07 Å². The maximum absolute atomic E-state index is 13.4. The molecule has 0 radical (unpaired) electrons. The number of nitrogens with zero attached hydrogens (tertiary/aromatic N) is 1. The Morgan fingerprint density at radius 1 is 1.35 bits per heavy atom. The van der Waals surface area contributed by atoms with Crippen molar-refractivity contribution in [1.82, 2.24) is 4.98 Å². The van der Waals surface area contributed by atoms with Crippen LogP contribution in [0.15, 0.2) is 47.6 Å². The first-order chi connectivity index (χ1) is 9.40. The standard InChI is InChI=1S/C12H10FN3O2S2/c13-11-4-3-8(6-10(11)12(14)19)16-20(17,18)9-2-1-5-15-7-9/h1-7,16H,(H2,14,19). The number of aromatic nitrogens is 1. The molecule has 2 rings (SSSR count). The van der Waals surface area contributed by atoms with Crippen LogP contribution in [0.25, 0.3) is 0 Å². The molecule has 8 heteroatoms. The third-order valence-corrected chi connectivity index (χ3v) is 4.02. The van der Waals surface area contributed by atoms with Crippen LogP contribution in [0.4, 0.5) is 10.1 Å². The minimum atomic E-state index is -3.79. The smallest absolute Gasteiger partial charge is 0.263 e. The summed E-state index contributed by atoms with van der Waals surface area (Å²) >= 11 is 4.69. The van der Waals surface area contributed by atoms with E-state index in [2.05, 4.69) is 9.71 Å². The molecule has 5 nitrogen and oxygen atoms in total. The molecule has 0 bridgehead atoms. The minimum absolute atomic E-state index is 0.00111. The highest BCUT2D eigenvalue weighted by Gasteiger charge is 2.15. The van der Waals surface area contributed by atoms with Gasteiger partial charge in [0.25, 0.3) is 10.0 Å². The fourth-order valence-corrected chi connectivity index (χ4v) is 2.67. The van der Waals surface area contributed by atoms with E-state index >= 15 is 0 Å². The fraction of sp³-hybridized carbons (Fsp3) is 0. The van der Waals surface area contributed by atoms with E-state index in [1.165, 1.54) is 36.7 Å². The van der Waals surface area contributed by atoms with E-state index in [1.54, 1.807) is 0 Å². The molecule has 0 saturated carbocycles. The monoisotopic (exact) mass is 311 g/mol. The van der Waals surface area contributed by atoms with Gasteiger partial charge in [-0.2, -0.15) is 0 Å². The van der Waals surface area contributed by atoms with Crippen LogP contribution in [0.3, 0.4) is 0 Å². The van der Waals surface area contributed by atoms with Gasteiger partial charge < -0.3 is 5.73 Å². The lowest BCUT2D eigenvalue weighted by atomic mass is 10.2. The van der Waals surface area contributed by atoms with Crippen molar-refractivity contribution in [3.8, 4) is 0 Å². The highest BCUT2D eigenvalue weighted by Crippen LogP contribution is 2.18. The maximum atomic E-state index is 13.4. The van der Waals surface area contributed by atoms with Crippen LogP contribution in [0.5, 0.6) is 0 Å². The number of nitrogens with two attached hydrogens (primary N) is 1. The third kappa shape index (κ3) is 3.09. The molecule has 0 aliphatic rings. The number of hydrogen-bond donors (Lipinski definition) is 2. The normalized spacial score (nSPS) is 11.1. The highest BCUT2D eigenvalue weighted by molar-refractivity contribution is 7.92. The molecule has 0 spiro atoms. The molecule has 0 aliphatic carbocycles. The summed E-state index contributed by atoms with van der Waals surface area (Å²) in [6.07, 6.45) is 2.67. The number of nitrogens with one attached hydrogen (secondary N) is 1. The number of sulfonamides is 1. The van der Waals surface area contributed by atoms with Gasteiger partial charge in [0.05, 0.1) is 0 Å². The quantitative estimate of drug-likeness (QED) is 0.839. The molecule has 20 heavy (non-hydrogen) atoms. The van der Waals surface area contributed by atoms with E-state index in [0.29, 0.717) is 0 Å². The average Bonchev–Trinajstić information content (AvgIpc) is 2.41. The van der Waals surface area contributed by atoms with E-state index < -0.39 is 15.8 Å². The summed E-state index contributed by atoms with van der Waals surface area (Å²) in [7, 11) is -3.79. The summed E-state index contributed by atoms with van der Waals surface area (Å²) in [5.74, 6) is -0.609. The molecule has 3 N–H and O–H groups in total. The van der Waals surface area contributed by atoms with Crippen LogP contribution in [0.2, 0.25) is 0 Å². The van der Waals surface area contributed by atoms with Gasteiger partial charge in [-0.05, 0) is 30.3 Å². The Kier molecular flexibility index (Phi) is 3.96. The Morgan fingerprint density at radius 3 is 2.70 bits per heavy atom. The summed E-state index contributed by atoms with van der Waals surface area (Å²) in [6, 6.07) is 6.51. The van der Waals surface area contributed by atoms with Gasteiger partial charge in [-0.15, -0.1) is 0 Å². The van der Waals surface area contributed by atoms with Gasteiger partial charge in [0.1, 0.15) is 15.7 Å². The number of hydrogen-bond acceptors (Lipinski definition) is 4. The van der Waals surface area contributed by atoms with Crippen molar-refractivity contribution in [3.05, 3.63) is 54.1 Å². The molecule has 1 aromatic carbocycles. The number of benzene rings is 1. The lowest BCUT2D eigenvalue weighted by Crippen LogP contribution is -2.15. The molecule has 0 unspecified atom stereocenters. The average molecular weight is 311 g/mol. The summed E-state index contributed by atoms with van der Waals surface area (Å²) in [4.78, 5) is 3.59. The molecular weight excluding hydrogens is 301 g/mol. The Morgan fingerprint density at radius 2 is 2.10 bits per heavy atom. The van der Waals surface area contributed by atoms with E-state index in [1.807, 2.05) is 0 Å². The number of thiocarbonyl (C=S) groups is 1. The molecule has 0 amide bonds. The predicted octanol–water partition coefficient (Wildman–Crippen LogP) is 1.66. The van der Waals surface area contributed by atoms with Gasteiger partial charge in [0, 0.05) is 23.6 Å². The van der Waals surface area contributed by atoms with E-state index in [4.69, 9.17) is 18.0 Å². The van der Waals surface area contributed by atoms with E-state index in [-0.39, 0.29) is 21.1 Å². The second-order valence-corrected chi connectivity index (χ2v) is 5.98. The number of rotatable bonds is 4. The zero-order chi connectivity index (χ0) is 14.8. The molecule has 1 aromatic heterocycles. The molecule has 2 aromatic rings. The molecule has 0 aliphatic heterocycles. The van der Waals surface area contributed by atoms with E-state index in [9.17, 15) is 12.8 Å². The van der Waals surface area contributed by atoms with Gasteiger partial charge in [-0.25, -0.2) is 12.8 Å². The number of pyridine rings is 1. The Bertz CT molecular complexity index is 749. The first kappa shape index (κ1) is 14.4.